The smallest absolute Gasteiger partial charge is 0.269 e. The molecule has 1 atom stereocenters. The maximum absolute atomic E-state index is 12.8. The van der Waals surface area contributed by atoms with Gasteiger partial charge in [0.1, 0.15) is 22.7 Å². The maximum atomic E-state index is 12.8. The van der Waals surface area contributed by atoms with Crippen molar-refractivity contribution >= 4 is 5.69 Å². The number of aryl methyl sites for hydroxylation is 2. The lowest BCUT2D eigenvalue weighted by Gasteiger charge is -2.53. The zero-order chi connectivity index (χ0) is 21.6. The Bertz CT molecular complexity index is 1150. The highest BCUT2D eigenvalue weighted by atomic mass is 16.5. The largest absolute Gasteiger partial charge is 0.371 e. The number of hydrogen-bond donors (Lipinski definition) is 0. The summed E-state index contributed by atoms with van der Waals surface area (Å²) < 4.78 is 12.8. The van der Waals surface area contributed by atoms with Crippen LogP contribution in [0.2, 0.25) is 0 Å². The normalized spacial score (nSPS) is 20.1. The van der Waals surface area contributed by atoms with Crippen LogP contribution in [0.15, 0.2) is 33.7 Å². The van der Waals surface area contributed by atoms with Crippen LogP contribution in [0.3, 0.4) is 0 Å². The van der Waals surface area contributed by atoms with Crippen LogP contribution in [0, 0.1) is 19.8 Å². The molecular weight excluding hydrogens is 396 g/mol. The molecule has 0 radical (unpaired) electrons. The Morgan fingerprint density at radius 3 is 2.77 bits per heavy atom. The summed E-state index contributed by atoms with van der Waals surface area (Å²) in [5, 5.41) is 16.8. The monoisotopic (exact) mass is 422 g/mol. The SMILES string of the molecule is Cc1ccc(-c2noc(C)c2Cn2ncc(N3CC4(C[C@H](C)CCO4)C3)cc2=O)nn1. The van der Waals surface area contributed by atoms with E-state index in [1.807, 2.05) is 26.0 Å². The second-order valence-electron chi connectivity index (χ2n) is 8.82. The molecule has 3 aromatic heterocycles. The van der Waals surface area contributed by atoms with Crippen molar-refractivity contribution in [3.8, 4) is 11.4 Å². The third-order valence-electron chi connectivity index (χ3n) is 6.25. The lowest BCUT2D eigenvalue weighted by atomic mass is 9.81. The Morgan fingerprint density at radius 2 is 2.06 bits per heavy atom. The minimum atomic E-state index is -0.169. The predicted octanol–water partition coefficient (Wildman–Crippen LogP) is 2.36. The van der Waals surface area contributed by atoms with Crippen LogP contribution in [-0.2, 0) is 11.3 Å². The number of nitrogens with zero attached hydrogens (tertiary/aromatic N) is 6. The van der Waals surface area contributed by atoms with E-state index >= 15 is 0 Å². The minimum absolute atomic E-state index is 0.0594. The van der Waals surface area contributed by atoms with Crippen LogP contribution in [-0.4, -0.2) is 50.4 Å². The third-order valence-corrected chi connectivity index (χ3v) is 6.25. The number of ether oxygens (including phenoxy) is 1. The lowest BCUT2D eigenvalue weighted by molar-refractivity contribution is -0.110. The first-order valence-corrected chi connectivity index (χ1v) is 10.6. The summed E-state index contributed by atoms with van der Waals surface area (Å²) in [5.41, 5.74) is 3.38. The van der Waals surface area contributed by atoms with Gasteiger partial charge < -0.3 is 14.2 Å². The molecule has 31 heavy (non-hydrogen) atoms. The molecule has 5 rings (SSSR count). The second-order valence-corrected chi connectivity index (χ2v) is 8.82. The predicted molar refractivity (Wildman–Crippen MR) is 114 cm³/mol. The van der Waals surface area contributed by atoms with E-state index in [2.05, 4.69) is 32.3 Å². The van der Waals surface area contributed by atoms with E-state index in [1.54, 1.807) is 12.3 Å². The molecule has 0 aromatic carbocycles. The van der Waals surface area contributed by atoms with Crippen molar-refractivity contribution in [1.82, 2.24) is 25.1 Å². The highest BCUT2D eigenvalue weighted by molar-refractivity contribution is 5.58. The first kappa shape index (κ1) is 19.9. The molecular formula is C22H26N6O3. The molecule has 0 bridgehead atoms. The summed E-state index contributed by atoms with van der Waals surface area (Å²) in [6.45, 7) is 8.66. The highest BCUT2D eigenvalue weighted by Crippen LogP contribution is 2.38. The van der Waals surface area contributed by atoms with Crippen molar-refractivity contribution in [2.24, 2.45) is 5.92 Å². The number of hydrogen-bond acceptors (Lipinski definition) is 8. The Hall–Kier alpha value is -3.07. The fourth-order valence-electron chi connectivity index (χ4n) is 4.49. The van der Waals surface area contributed by atoms with Crippen LogP contribution in [0.25, 0.3) is 11.4 Å². The van der Waals surface area contributed by atoms with Gasteiger partial charge in [0.05, 0.1) is 24.1 Å². The average Bonchev–Trinajstić information content (AvgIpc) is 3.08. The van der Waals surface area contributed by atoms with Crippen LogP contribution >= 0.6 is 0 Å². The van der Waals surface area contributed by atoms with Gasteiger partial charge in [-0.15, -0.1) is 5.10 Å². The average molecular weight is 422 g/mol. The van der Waals surface area contributed by atoms with Crippen molar-refractivity contribution in [2.75, 3.05) is 24.6 Å². The van der Waals surface area contributed by atoms with E-state index in [0.29, 0.717) is 23.1 Å². The van der Waals surface area contributed by atoms with Crippen molar-refractivity contribution in [3.05, 3.63) is 51.8 Å². The molecule has 9 heteroatoms. The quantitative estimate of drug-likeness (QED) is 0.632. The molecule has 2 aliphatic rings. The first-order valence-electron chi connectivity index (χ1n) is 10.6. The molecule has 1 spiro atoms. The van der Waals surface area contributed by atoms with Gasteiger partial charge in [-0.3, -0.25) is 4.79 Å². The van der Waals surface area contributed by atoms with E-state index in [9.17, 15) is 4.79 Å². The molecule has 0 N–H and O–H groups in total. The topological polar surface area (TPSA) is 99.2 Å². The van der Waals surface area contributed by atoms with E-state index < -0.39 is 0 Å². The molecule has 5 heterocycles. The maximum Gasteiger partial charge on any atom is 0.269 e. The lowest BCUT2D eigenvalue weighted by Crippen LogP contribution is -2.65. The highest BCUT2D eigenvalue weighted by Gasteiger charge is 2.47. The fourth-order valence-corrected chi connectivity index (χ4v) is 4.49. The van der Waals surface area contributed by atoms with Crippen molar-refractivity contribution in [1.29, 1.82) is 0 Å². The molecule has 0 amide bonds. The van der Waals surface area contributed by atoms with Gasteiger partial charge in [-0.1, -0.05) is 12.1 Å². The van der Waals surface area contributed by atoms with Crippen LogP contribution in [0.4, 0.5) is 5.69 Å². The summed E-state index contributed by atoms with van der Waals surface area (Å²) in [6.07, 6.45) is 3.94. The fraction of sp³-hybridized carbons (Fsp3) is 0.500. The van der Waals surface area contributed by atoms with E-state index in [4.69, 9.17) is 9.26 Å². The van der Waals surface area contributed by atoms with Gasteiger partial charge in [0.2, 0.25) is 0 Å². The minimum Gasteiger partial charge on any atom is -0.371 e. The van der Waals surface area contributed by atoms with Crippen LogP contribution in [0.5, 0.6) is 0 Å². The van der Waals surface area contributed by atoms with Crippen molar-refractivity contribution < 1.29 is 9.26 Å². The summed E-state index contributed by atoms with van der Waals surface area (Å²) in [4.78, 5) is 15.0. The molecule has 0 aliphatic carbocycles. The molecule has 162 valence electrons. The Balaban J connectivity index is 1.34. The third kappa shape index (κ3) is 3.74. The van der Waals surface area contributed by atoms with E-state index in [1.165, 1.54) is 4.68 Å². The molecule has 2 fully saturated rings. The molecule has 3 aromatic rings. The Kier molecular flexibility index (Phi) is 4.85. The first-order chi connectivity index (χ1) is 14.9. The zero-order valence-corrected chi connectivity index (χ0v) is 18.0. The Morgan fingerprint density at radius 1 is 1.23 bits per heavy atom. The van der Waals surface area contributed by atoms with Crippen molar-refractivity contribution in [3.63, 3.8) is 0 Å². The number of rotatable bonds is 4. The van der Waals surface area contributed by atoms with Gasteiger partial charge in [0.15, 0.2) is 0 Å². The summed E-state index contributed by atoms with van der Waals surface area (Å²) in [7, 11) is 0. The Labute approximate surface area is 180 Å². The molecule has 0 saturated carbocycles. The molecule has 0 unspecified atom stereocenters. The number of aromatic nitrogens is 5. The van der Waals surface area contributed by atoms with Gasteiger partial charge in [-0.25, -0.2) is 4.68 Å². The summed E-state index contributed by atoms with van der Waals surface area (Å²) >= 11 is 0. The molecule has 2 saturated heterocycles. The zero-order valence-electron chi connectivity index (χ0n) is 18.0. The van der Waals surface area contributed by atoms with Crippen LogP contribution < -0.4 is 10.5 Å². The van der Waals surface area contributed by atoms with Gasteiger partial charge in [-0.05, 0) is 44.7 Å². The van der Waals surface area contributed by atoms with Gasteiger partial charge in [-0.2, -0.15) is 10.2 Å². The van der Waals surface area contributed by atoms with E-state index in [0.717, 1.165) is 49.5 Å². The summed E-state index contributed by atoms with van der Waals surface area (Å²) in [6, 6.07) is 5.35. The molecule has 2 aliphatic heterocycles. The van der Waals surface area contributed by atoms with Gasteiger partial charge in [0, 0.05) is 31.3 Å². The summed E-state index contributed by atoms with van der Waals surface area (Å²) in [5.74, 6) is 1.31. The van der Waals surface area contributed by atoms with Gasteiger partial charge in [0.25, 0.3) is 5.56 Å². The number of anilines is 1. The van der Waals surface area contributed by atoms with Crippen molar-refractivity contribution in [2.45, 2.75) is 45.8 Å². The van der Waals surface area contributed by atoms with Gasteiger partial charge >= 0.3 is 0 Å². The standard InChI is InChI=1S/C22H26N6O3/c1-14-6-7-30-22(9-14)12-27(13-22)17-8-20(29)28(23-10-17)11-18-16(3)31-26-21(18)19-5-4-15(2)24-25-19/h4-5,8,10,14H,6-7,9,11-13H2,1-3H3/t14-/m1/s1. The van der Waals surface area contributed by atoms with Crippen LogP contribution in [0.1, 0.15) is 36.8 Å². The molecule has 9 nitrogen and oxygen atoms in total. The van der Waals surface area contributed by atoms with E-state index in [-0.39, 0.29) is 17.7 Å². The second kappa shape index (κ2) is 7.56.